The Morgan fingerprint density at radius 2 is 0.955 bits per heavy atom. The van der Waals surface area contributed by atoms with Gasteiger partial charge in [0.05, 0.1) is 26.2 Å². The number of nitrogens with one attached hydrogen (secondary N) is 1. The Morgan fingerprint density at radius 3 is 1.36 bits per heavy atom. The van der Waals surface area contributed by atoms with Crippen molar-refractivity contribution < 1.29 is 57.6 Å². The van der Waals surface area contributed by atoms with Gasteiger partial charge >= 0.3 is 35.9 Å². The number of nitrogens with zero attached hydrogens (tertiary/aromatic N) is 4. The maximum atomic E-state index is 13.7. The van der Waals surface area contributed by atoms with Crippen LogP contribution in [0.5, 0.6) is 0 Å². The van der Waals surface area contributed by atoms with Gasteiger partial charge in [-0.25, -0.2) is 9.59 Å². The van der Waals surface area contributed by atoms with E-state index >= 15 is 0 Å². The molecule has 66 heavy (non-hydrogen) atoms. The fourth-order valence-corrected chi connectivity index (χ4v) is 6.87. The van der Waals surface area contributed by atoms with E-state index < -0.39 is 70.0 Å². The normalized spacial score (nSPS) is 17.8. The summed E-state index contributed by atoms with van der Waals surface area (Å²) in [4.78, 5) is 85.8. The van der Waals surface area contributed by atoms with Crippen LogP contribution in [0.15, 0.2) is 30.3 Å². The molecule has 1 amide bonds. The number of carbonyl (C=O) groups is 6. The first-order valence-electron chi connectivity index (χ1n) is 22.9. The van der Waals surface area contributed by atoms with E-state index in [1.807, 2.05) is 127 Å². The molecule has 0 aromatic heterocycles. The number of benzene rings is 1. The van der Waals surface area contributed by atoms with E-state index in [4.69, 9.17) is 23.7 Å². The molecule has 2 N–H and O–H groups in total. The van der Waals surface area contributed by atoms with Crippen molar-refractivity contribution in [1.82, 2.24) is 24.9 Å². The van der Waals surface area contributed by atoms with Gasteiger partial charge in [-0.2, -0.15) is 0 Å². The molecule has 1 saturated heterocycles. The summed E-state index contributed by atoms with van der Waals surface area (Å²) in [6.07, 6.45) is 3.08. The van der Waals surface area contributed by atoms with Gasteiger partial charge in [0.2, 0.25) is 0 Å². The van der Waals surface area contributed by atoms with Crippen molar-refractivity contribution >= 4 is 42.0 Å². The van der Waals surface area contributed by atoms with Crippen molar-refractivity contribution in [3.05, 3.63) is 41.5 Å². The molecular formula is C49H81N5O12. The van der Waals surface area contributed by atoms with Crippen LogP contribution in [-0.2, 0) is 54.1 Å². The number of alkyl carbamates (subject to hydrolysis) is 1. The molecule has 17 nitrogen and oxygen atoms in total. The molecule has 2 atom stereocenters. The highest BCUT2D eigenvalue weighted by Crippen LogP contribution is 2.18. The molecule has 0 radical (unpaired) electrons. The predicted molar refractivity (Wildman–Crippen MR) is 253 cm³/mol. The van der Waals surface area contributed by atoms with Gasteiger partial charge < -0.3 is 34.1 Å². The number of hydrogen-bond donors (Lipinski definition) is 2. The van der Waals surface area contributed by atoms with E-state index in [9.17, 15) is 33.9 Å². The van der Waals surface area contributed by atoms with E-state index in [1.165, 1.54) is 0 Å². The number of hydrogen-bond acceptors (Lipinski definition) is 15. The van der Waals surface area contributed by atoms with E-state index in [-0.39, 0.29) is 38.6 Å². The maximum absolute atomic E-state index is 13.7. The summed E-state index contributed by atoms with van der Waals surface area (Å²) >= 11 is 0. The van der Waals surface area contributed by atoms with E-state index in [2.05, 4.69) is 5.32 Å². The topological polar surface area (TPSA) is 194 Å². The van der Waals surface area contributed by atoms with Crippen molar-refractivity contribution in [2.45, 2.75) is 157 Å². The first-order chi connectivity index (χ1) is 30.1. The Labute approximate surface area is 393 Å². The van der Waals surface area contributed by atoms with Crippen molar-refractivity contribution in [3.8, 4) is 0 Å². The van der Waals surface area contributed by atoms with Crippen molar-refractivity contribution in [2.75, 3.05) is 72.0 Å². The van der Waals surface area contributed by atoms with Gasteiger partial charge in [-0.3, -0.25) is 38.8 Å². The summed E-state index contributed by atoms with van der Waals surface area (Å²) in [6.45, 7) is 29.2. The number of ether oxygens (including phenoxy) is 5. The van der Waals surface area contributed by atoms with Gasteiger partial charge in [-0.05, 0) is 128 Å². The number of esters is 4. The Hall–Kier alpha value is -4.58. The van der Waals surface area contributed by atoms with Crippen LogP contribution in [0.4, 0.5) is 4.79 Å². The largest absolute Gasteiger partial charge is 0.480 e. The number of rotatable bonds is 15. The van der Waals surface area contributed by atoms with Crippen LogP contribution in [0.1, 0.15) is 121 Å². The van der Waals surface area contributed by atoms with Gasteiger partial charge in [-0.15, -0.1) is 0 Å². The average molecular weight is 932 g/mol. The van der Waals surface area contributed by atoms with Crippen LogP contribution in [-0.4, -0.2) is 173 Å². The molecule has 0 saturated carbocycles. The summed E-state index contributed by atoms with van der Waals surface area (Å²) < 4.78 is 28.3. The quantitative estimate of drug-likeness (QED) is 0.164. The molecule has 0 aliphatic carbocycles. The number of carbonyl (C=O) groups excluding carboxylic acids is 5. The number of amides is 1. The predicted octanol–water partition coefficient (Wildman–Crippen LogP) is 5.57. The standard InChI is InChI=1S/C49H81N5O12/c1-45(2,3)62-39(55)31-51-23-24-52(32-40(56)63-46(4,5)6)27-28-54(34-42(58)65-48(10,11)12)37(30-53(26-25-51)33-41(57)64-47(7,8)9)29-36-21-19-35(20-22-36)17-16-18-38(43(59)60)50-44(61)66-49(13,14)15/h16-17,19-22,37-38H,18,23-34H2,1-15H3,(H,50,61)(H,59,60). The molecule has 1 heterocycles. The molecule has 2 unspecified atom stereocenters. The fraction of sp³-hybridized carbons (Fsp3) is 0.714. The Bertz CT molecular complexity index is 1780. The minimum absolute atomic E-state index is 0.00989. The van der Waals surface area contributed by atoms with Gasteiger partial charge in [0.25, 0.3) is 0 Å². The van der Waals surface area contributed by atoms with Crippen LogP contribution in [0.25, 0.3) is 6.08 Å². The van der Waals surface area contributed by atoms with E-state index in [0.29, 0.717) is 52.2 Å². The molecule has 1 aliphatic rings. The van der Waals surface area contributed by atoms with Crippen LogP contribution in [0.2, 0.25) is 0 Å². The lowest BCUT2D eigenvalue weighted by atomic mass is 10.0. The van der Waals surface area contributed by atoms with Crippen LogP contribution in [0, 0.1) is 0 Å². The maximum Gasteiger partial charge on any atom is 0.408 e. The van der Waals surface area contributed by atoms with Gasteiger partial charge in [0.1, 0.15) is 34.0 Å². The summed E-state index contributed by atoms with van der Waals surface area (Å²) in [5, 5.41) is 12.1. The molecule has 1 fully saturated rings. The SMILES string of the molecule is CC(C)(C)OC(=O)CN1CCN(CC(=O)OC(C)(C)C)CCN(CC(=O)OC(C)(C)C)C(Cc2ccc(C=CCC(NC(=O)OC(C)(C)C)C(=O)O)cc2)CN(CC(=O)OC(C)(C)C)CC1. The molecule has 17 heteroatoms. The molecule has 0 bridgehead atoms. The number of aliphatic carboxylic acids is 1. The van der Waals surface area contributed by atoms with E-state index in [1.54, 1.807) is 32.9 Å². The zero-order valence-corrected chi connectivity index (χ0v) is 42.5. The third-order valence-electron chi connectivity index (χ3n) is 9.35. The Balaban J connectivity index is 2.61. The molecule has 1 aromatic rings. The third kappa shape index (κ3) is 26.5. The second-order valence-electron chi connectivity index (χ2n) is 21.9. The Kier molecular flexibility index (Phi) is 21.8. The number of carboxylic acids is 1. The van der Waals surface area contributed by atoms with Crippen LogP contribution in [0.3, 0.4) is 0 Å². The minimum Gasteiger partial charge on any atom is -0.480 e. The summed E-state index contributed by atoms with van der Waals surface area (Å²) in [7, 11) is 0. The smallest absolute Gasteiger partial charge is 0.408 e. The highest BCUT2D eigenvalue weighted by atomic mass is 16.6. The molecule has 1 aromatic carbocycles. The lowest BCUT2D eigenvalue weighted by Crippen LogP contribution is -2.54. The molecule has 374 valence electrons. The van der Waals surface area contributed by atoms with Crippen molar-refractivity contribution in [3.63, 3.8) is 0 Å². The van der Waals surface area contributed by atoms with Crippen molar-refractivity contribution in [1.29, 1.82) is 0 Å². The third-order valence-corrected chi connectivity index (χ3v) is 9.35. The highest BCUT2D eigenvalue weighted by molar-refractivity contribution is 5.80. The zero-order chi connectivity index (χ0) is 50.3. The van der Waals surface area contributed by atoms with Gasteiger partial charge in [0.15, 0.2) is 0 Å². The second-order valence-corrected chi connectivity index (χ2v) is 21.9. The second kappa shape index (κ2) is 25.0. The molecule has 1 aliphatic heterocycles. The minimum atomic E-state index is -1.20. The van der Waals surface area contributed by atoms with E-state index in [0.717, 1.165) is 11.1 Å². The molecule has 0 spiro atoms. The summed E-state index contributed by atoms with van der Waals surface area (Å²) in [5.74, 6) is -2.85. The fourth-order valence-electron chi connectivity index (χ4n) is 6.87. The first kappa shape index (κ1) is 57.5. The summed E-state index contributed by atoms with van der Waals surface area (Å²) in [5.41, 5.74) is -1.95. The monoisotopic (exact) mass is 932 g/mol. The lowest BCUT2D eigenvalue weighted by molar-refractivity contribution is -0.160. The zero-order valence-electron chi connectivity index (χ0n) is 42.5. The van der Waals surface area contributed by atoms with Crippen molar-refractivity contribution in [2.24, 2.45) is 0 Å². The number of carboxylic acid groups (broad SMARTS) is 1. The molecular weight excluding hydrogens is 851 g/mol. The summed E-state index contributed by atoms with van der Waals surface area (Å²) in [6, 6.07) is 6.12. The average Bonchev–Trinajstić information content (AvgIpc) is 3.09. The lowest BCUT2D eigenvalue weighted by Gasteiger charge is -2.39. The van der Waals surface area contributed by atoms with Crippen LogP contribution < -0.4 is 5.32 Å². The van der Waals surface area contributed by atoms with Crippen LogP contribution >= 0.6 is 0 Å². The first-order valence-corrected chi connectivity index (χ1v) is 22.9. The van der Waals surface area contributed by atoms with Gasteiger partial charge in [-0.1, -0.05) is 36.4 Å². The highest BCUT2D eigenvalue weighted by Gasteiger charge is 2.31. The molecule has 2 rings (SSSR count). The van der Waals surface area contributed by atoms with Gasteiger partial charge in [0, 0.05) is 51.9 Å². The Morgan fingerprint density at radius 1 is 0.576 bits per heavy atom.